The summed E-state index contributed by atoms with van der Waals surface area (Å²) in [6.45, 7) is 12.3. The largest absolute Gasteiger partial charge is 0.496 e. The van der Waals surface area contributed by atoms with Crippen molar-refractivity contribution in [2.24, 2.45) is 0 Å². The zero-order valence-electron chi connectivity index (χ0n) is 19.1. The molecule has 1 spiro atoms. The second kappa shape index (κ2) is 12.0. The highest BCUT2D eigenvalue weighted by Crippen LogP contribution is 2.45. The molecule has 2 heterocycles. The van der Waals surface area contributed by atoms with Gasteiger partial charge in [0.1, 0.15) is 5.57 Å². The Bertz CT molecular complexity index is 767. The Morgan fingerprint density at radius 2 is 1.80 bits per heavy atom. The van der Waals surface area contributed by atoms with Crippen LogP contribution in [0.1, 0.15) is 50.3 Å². The second-order valence-electron chi connectivity index (χ2n) is 7.06. The van der Waals surface area contributed by atoms with Gasteiger partial charge in [0.15, 0.2) is 11.4 Å². The van der Waals surface area contributed by atoms with E-state index in [1.165, 1.54) is 0 Å². The van der Waals surface area contributed by atoms with Gasteiger partial charge in [-0.2, -0.15) is 0 Å². The molecule has 0 aliphatic carbocycles. The minimum Gasteiger partial charge on any atom is -0.496 e. The summed E-state index contributed by atoms with van der Waals surface area (Å²) < 4.78 is 15.7. The van der Waals surface area contributed by atoms with E-state index in [1.807, 2.05) is 39.8 Å². The Morgan fingerprint density at radius 1 is 1.20 bits per heavy atom. The predicted molar refractivity (Wildman–Crippen MR) is 119 cm³/mol. The number of benzene rings is 1. The molecule has 30 heavy (non-hydrogen) atoms. The van der Waals surface area contributed by atoms with Gasteiger partial charge in [-0.25, -0.2) is 4.79 Å². The fourth-order valence-electron chi connectivity index (χ4n) is 3.54. The number of ether oxygens (including phenoxy) is 3. The monoisotopic (exact) mass is 439 g/mol. The van der Waals surface area contributed by atoms with E-state index in [2.05, 4.69) is 16.7 Å². The summed E-state index contributed by atoms with van der Waals surface area (Å²) in [5.74, 6) is 0.372. The Hall–Kier alpha value is -2.05. The van der Waals surface area contributed by atoms with Crippen molar-refractivity contribution in [3.05, 3.63) is 39.6 Å². The lowest BCUT2D eigenvalue weighted by atomic mass is 9.87. The summed E-state index contributed by atoms with van der Waals surface area (Å²) in [5, 5.41) is 0.700. The van der Waals surface area contributed by atoms with E-state index < -0.39 is 5.60 Å². The van der Waals surface area contributed by atoms with E-state index in [1.54, 1.807) is 14.0 Å². The summed E-state index contributed by atoms with van der Waals surface area (Å²) >= 11 is 6.19. The van der Waals surface area contributed by atoms with Crippen LogP contribution in [0.3, 0.4) is 0 Å². The van der Waals surface area contributed by atoms with Crippen LogP contribution in [0.15, 0.2) is 17.9 Å². The molecule has 7 heteroatoms. The third-order valence-corrected chi connectivity index (χ3v) is 5.55. The summed E-state index contributed by atoms with van der Waals surface area (Å²) in [6.07, 6.45) is 1.51. The van der Waals surface area contributed by atoms with Crippen LogP contribution in [0.2, 0.25) is 5.02 Å². The Balaban J connectivity index is 0.000000565. The van der Waals surface area contributed by atoms with Crippen molar-refractivity contribution in [1.29, 1.82) is 0 Å². The number of carbonyl (C=O) groups is 2. The van der Waals surface area contributed by atoms with Crippen LogP contribution in [0, 0.1) is 13.8 Å². The fourth-order valence-corrected chi connectivity index (χ4v) is 3.76. The highest BCUT2D eigenvalue weighted by molar-refractivity contribution is 6.31. The lowest BCUT2D eigenvalue weighted by molar-refractivity contribution is -0.151. The van der Waals surface area contributed by atoms with Crippen molar-refractivity contribution in [2.75, 3.05) is 33.9 Å². The van der Waals surface area contributed by atoms with Gasteiger partial charge >= 0.3 is 5.97 Å². The Kier molecular flexibility index (Phi) is 10.4. The van der Waals surface area contributed by atoms with Gasteiger partial charge in [0.2, 0.25) is 0 Å². The zero-order chi connectivity index (χ0) is 22.9. The zero-order valence-corrected chi connectivity index (χ0v) is 19.9. The van der Waals surface area contributed by atoms with Crippen LogP contribution in [0.25, 0.3) is 5.57 Å². The molecule has 3 rings (SSSR count). The molecule has 2 aliphatic heterocycles. The molecule has 0 radical (unpaired) electrons. The van der Waals surface area contributed by atoms with Gasteiger partial charge in [-0.3, -0.25) is 4.79 Å². The molecule has 1 saturated heterocycles. The van der Waals surface area contributed by atoms with Crippen LogP contribution in [0.5, 0.6) is 0 Å². The van der Waals surface area contributed by atoms with E-state index in [0.717, 1.165) is 42.6 Å². The normalized spacial score (nSPS) is 17.4. The lowest BCUT2D eigenvalue weighted by Crippen LogP contribution is -2.44. The van der Waals surface area contributed by atoms with Crippen molar-refractivity contribution in [3.8, 4) is 0 Å². The Labute approximate surface area is 185 Å². The third kappa shape index (κ3) is 5.76. The van der Waals surface area contributed by atoms with Gasteiger partial charge < -0.3 is 19.1 Å². The number of likely N-dealkylation sites (tertiary alicyclic amines) is 1. The predicted octanol–water partition coefficient (Wildman–Crippen LogP) is 4.54. The summed E-state index contributed by atoms with van der Waals surface area (Å²) in [5.41, 5.74) is 2.67. The van der Waals surface area contributed by atoms with Crippen LogP contribution in [0.4, 0.5) is 0 Å². The molecule has 0 amide bonds. The highest BCUT2D eigenvalue weighted by atomic mass is 35.5. The molecule has 1 aromatic carbocycles. The van der Waals surface area contributed by atoms with E-state index in [4.69, 9.17) is 21.1 Å². The molecule has 0 bridgehead atoms. The summed E-state index contributed by atoms with van der Waals surface area (Å²) in [7, 11) is 3.70. The van der Waals surface area contributed by atoms with Crippen LogP contribution in [-0.4, -0.2) is 56.8 Å². The minimum atomic E-state index is -0.617. The van der Waals surface area contributed by atoms with E-state index in [9.17, 15) is 9.59 Å². The molecule has 0 aromatic heterocycles. The summed E-state index contributed by atoms with van der Waals surface area (Å²) in [6, 6.07) is 3.83. The van der Waals surface area contributed by atoms with Gasteiger partial charge in [-0.05, 0) is 56.6 Å². The smallest absolute Gasteiger partial charge is 0.343 e. The van der Waals surface area contributed by atoms with Crippen molar-refractivity contribution in [1.82, 2.24) is 4.90 Å². The first-order valence-corrected chi connectivity index (χ1v) is 10.7. The van der Waals surface area contributed by atoms with Crippen LogP contribution < -0.4 is 0 Å². The van der Waals surface area contributed by atoms with Crippen molar-refractivity contribution in [2.45, 2.75) is 53.1 Å². The highest BCUT2D eigenvalue weighted by Gasteiger charge is 2.50. The minimum absolute atomic E-state index is 0.295. The first-order chi connectivity index (χ1) is 14.3. The number of methoxy groups -OCH3 is 1. The molecule has 1 fully saturated rings. The standard InChI is InChI=1S/C18H22ClNO3.C3H6O2.C2H6/c1-11-10-14(19)12(2)9-13(11)15-16(22-4)18(23-17(15)21)5-7-20(3)8-6-18;1-2-5-3-4;1-2/h9-10H,5-8H2,1-4H3;3H,2H2,1H3;1-2H3. The number of carbonyl (C=O) groups excluding carboxylic acids is 2. The average Bonchev–Trinajstić information content (AvgIpc) is 3.00. The average molecular weight is 440 g/mol. The van der Waals surface area contributed by atoms with Crippen molar-refractivity contribution in [3.63, 3.8) is 0 Å². The number of halogens is 1. The number of esters is 1. The quantitative estimate of drug-likeness (QED) is 0.506. The number of hydrogen-bond donors (Lipinski definition) is 0. The first kappa shape index (κ1) is 26.0. The van der Waals surface area contributed by atoms with E-state index in [0.29, 0.717) is 29.4 Å². The van der Waals surface area contributed by atoms with Gasteiger partial charge in [-0.15, -0.1) is 0 Å². The maximum atomic E-state index is 12.6. The van der Waals surface area contributed by atoms with Crippen LogP contribution in [-0.2, 0) is 23.8 Å². The van der Waals surface area contributed by atoms with Gasteiger partial charge in [-0.1, -0.05) is 25.4 Å². The Morgan fingerprint density at radius 3 is 2.27 bits per heavy atom. The van der Waals surface area contributed by atoms with Crippen LogP contribution >= 0.6 is 11.6 Å². The number of aryl methyl sites for hydroxylation is 2. The van der Waals surface area contributed by atoms with E-state index >= 15 is 0 Å². The molecule has 168 valence electrons. The third-order valence-electron chi connectivity index (χ3n) is 5.14. The lowest BCUT2D eigenvalue weighted by Gasteiger charge is -2.37. The number of piperidine rings is 1. The molecule has 1 aromatic rings. The SMILES string of the molecule is CC.CCOC=O.COC1=C(c2cc(C)c(Cl)cc2C)C(=O)OC12CCN(C)CC2. The molecule has 0 unspecified atom stereocenters. The fraction of sp³-hybridized carbons (Fsp3) is 0.565. The molecule has 0 N–H and O–H groups in total. The van der Waals surface area contributed by atoms with Gasteiger partial charge in [0.05, 0.1) is 13.7 Å². The molecule has 0 saturated carbocycles. The van der Waals surface area contributed by atoms with Crippen molar-refractivity contribution < 1.29 is 23.8 Å². The molecular weight excluding hydrogens is 406 g/mol. The summed E-state index contributed by atoms with van der Waals surface area (Å²) in [4.78, 5) is 24.1. The molecule has 0 atom stereocenters. The first-order valence-electron chi connectivity index (χ1n) is 10.3. The maximum absolute atomic E-state index is 12.6. The maximum Gasteiger partial charge on any atom is 0.343 e. The van der Waals surface area contributed by atoms with Gasteiger partial charge in [0, 0.05) is 31.0 Å². The van der Waals surface area contributed by atoms with Gasteiger partial charge in [0.25, 0.3) is 6.47 Å². The van der Waals surface area contributed by atoms with E-state index in [-0.39, 0.29) is 5.97 Å². The number of nitrogens with zero attached hydrogens (tertiary/aromatic N) is 1. The molecule has 2 aliphatic rings. The second-order valence-corrected chi connectivity index (χ2v) is 7.47. The molecule has 6 nitrogen and oxygen atoms in total. The molecular formula is C23H34ClNO5. The number of hydrogen-bond acceptors (Lipinski definition) is 6. The van der Waals surface area contributed by atoms with Crippen molar-refractivity contribution >= 4 is 29.6 Å². The number of rotatable bonds is 4. The topological polar surface area (TPSA) is 65.1 Å².